The van der Waals surface area contributed by atoms with Crippen LogP contribution < -0.4 is 5.32 Å². The summed E-state index contributed by atoms with van der Waals surface area (Å²) in [5, 5.41) is 3.43. The molecule has 0 aromatic heterocycles. The van der Waals surface area contributed by atoms with E-state index in [0.29, 0.717) is 6.04 Å². The summed E-state index contributed by atoms with van der Waals surface area (Å²) in [7, 11) is 2.03. The predicted molar refractivity (Wildman–Crippen MR) is 87.9 cm³/mol. The standard InChI is InChI=1S/C16H18BrNS/c1-18-15(11-12-6-5-7-13(17)10-12)14-8-3-4-9-16(14)19-2/h3-10,15,18H,11H2,1-2H3. The van der Waals surface area contributed by atoms with E-state index in [1.807, 2.05) is 7.05 Å². The molecule has 0 aliphatic rings. The molecule has 1 unspecified atom stereocenters. The van der Waals surface area contributed by atoms with Crippen molar-refractivity contribution in [1.82, 2.24) is 5.32 Å². The van der Waals surface area contributed by atoms with E-state index in [4.69, 9.17) is 0 Å². The number of rotatable bonds is 5. The van der Waals surface area contributed by atoms with Gasteiger partial charge in [0.25, 0.3) is 0 Å². The Morgan fingerprint density at radius 2 is 1.95 bits per heavy atom. The molecule has 0 saturated carbocycles. The normalized spacial score (nSPS) is 12.4. The first kappa shape index (κ1) is 14.6. The highest BCUT2D eigenvalue weighted by Gasteiger charge is 2.13. The van der Waals surface area contributed by atoms with E-state index in [1.54, 1.807) is 11.8 Å². The summed E-state index contributed by atoms with van der Waals surface area (Å²) >= 11 is 5.34. The highest BCUT2D eigenvalue weighted by atomic mass is 79.9. The van der Waals surface area contributed by atoms with Gasteiger partial charge in [0.15, 0.2) is 0 Å². The van der Waals surface area contributed by atoms with Crippen molar-refractivity contribution in [3.63, 3.8) is 0 Å². The fraction of sp³-hybridized carbons (Fsp3) is 0.250. The lowest BCUT2D eigenvalue weighted by molar-refractivity contribution is 0.583. The van der Waals surface area contributed by atoms with Gasteiger partial charge in [-0.05, 0) is 49.1 Å². The van der Waals surface area contributed by atoms with Gasteiger partial charge in [0.2, 0.25) is 0 Å². The van der Waals surface area contributed by atoms with Crippen molar-refractivity contribution < 1.29 is 0 Å². The van der Waals surface area contributed by atoms with Gasteiger partial charge in [-0.25, -0.2) is 0 Å². The van der Waals surface area contributed by atoms with E-state index in [2.05, 4.69) is 76.0 Å². The summed E-state index contributed by atoms with van der Waals surface area (Å²) in [4.78, 5) is 1.34. The molecule has 0 bridgehead atoms. The van der Waals surface area contributed by atoms with E-state index in [9.17, 15) is 0 Å². The summed E-state index contributed by atoms with van der Waals surface area (Å²) in [5.41, 5.74) is 2.71. The van der Waals surface area contributed by atoms with Gasteiger partial charge in [-0.2, -0.15) is 0 Å². The van der Waals surface area contributed by atoms with Gasteiger partial charge in [0.05, 0.1) is 0 Å². The molecular weight excluding hydrogens is 318 g/mol. The molecule has 0 aliphatic heterocycles. The first-order valence-corrected chi connectivity index (χ1v) is 8.31. The minimum absolute atomic E-state index is 0.345. The third-order valence-corrected chi connectivity index (χ3v) is 4.50. The Bertz CT molecular complexity index is 542. The average molecular weight is 336 g/mol. The summed E-state index contributed by atoms with van der Waals surface area (Å²) in [6.07, 6.45) is 3.12. The maximum absolute atomic E-state index is 3.53. The van der Waals surface area contributed by atoms with Gasteiger partial charge in [0, 0.05) is 15.4 Å². The monoisotopic (exact) mass is 335 g/mol. The Hall–Kier alpha value is -0.770. The molecule has 2 aromatic rings. The Kier molecular flexibility index (Phi) is 5.49. The number of nitrogens with one attached hydrogen (secondary N) is 1. The first-order valence-electron chi connectivity index (χ1n) is 6.29. The topological polar surface area (TPSA) is 12.0 Å². The van der Waals surface area contributed by atoms with Crippen LogP contribution in [-0.2, 0) is 6.42 Å². The van der Waals surface area contributed by atoms with Crippen LogP contribution in [-0.4, -0.2) is 13.3 Å². The van der Waals surface area contributed by atoms with Gasteiger partial charge in [-0.1, -0.05) is 46.3 Å². The SMILES string of the molecule is CNC(Cc1cccc(Br)c1)c1ccccc1SC. The van der Waals surface area contributed by atoms with E-state index in [-0.39, 0.29) is 0 Å². The fourth-order valence-corrected chi connectivity index (χ4v) is 3.33. The minimum Gasteiger partial charge on any atom is -0.313 e. The van der Waals surface area contributed by atoms with Crippen molar-refractivity contribution in [2.75, 3.05) is 13.3 Å². The van der Waals surface area contributed by atoms with Crippen LogP contribution in [0.15, 0.2) is 57.9 Å². The Labute approximate surface area is 127 Å². The summed E-state index contributed by atoms with van der Waals surface area (Å²) in [6, 6.07) is 17.5. The van der Waals surface area contributed by atoms with E-state index >= 15 is 0 Å². The van der Waals surface area contributed by atoms with Crippen LogP contribution in [0.1, 0.15) is 17.2 Å². The van der Waals surface area contributed by atoms with Crippen molar-refractivity contribution in [3.05, 3.63) is 64.1 Å². The van der Waals surface area contributed by atoms with Crippen LogP contribution in [0.4, 0.5) is 0 Å². The molecule has 2 rings (SSSR count). The minimum atomic E-state index is 0.345. The van der Waals surface area contributed by atoms with E-state index in [1.165, 1.54) is 16.0 Å². The molecule has 0 fully saturated rings. The van der Waals surface area contributed by atoms with Crippen LogP contribution in [0.3, 0.4) is 0 Å². The third-order valence-electron chi connectivity index (χ3n) is 3.19. The molecule has 1 atom stereocenters. The van der Waals surface area contributed by atoms with Crippen molar-refractivity contribution in [2.45, 2.75) is 17.4 Å². The lowest BCUT2D eigenvalue weighted by atomic mass is 9.99. The van der Waals surface area contributed by atoms with Gasteiger partial charge in [-0.15, -0.1) is 11.8 Å². The maximum Gasteiger partial charge on any atom is 0.0369 e. The molecular formula is C16H18BrNS. The van der Waals surface area contributed by atoms with E-state index < -0.39 is 0 Å². The van der Waals surface area contributed by atoms with Gasteiger partial charge in [-0.3, -0.25) is 0 Å². The smallest absolute Gasteiger partial charge is 0.0369 e. The molecule has 19 heavy (non-hydrogen) atoms. The fourth-order valence-electron chi connectivity index (χ4n) is 2.22. The van der Waals surface area contributed by atoms with Crippen molar-refractivity contribution in [3.8, 4) is 0 Å². The zero-order valence-electron chi connectivity index (χ0n) is 11.2. The Morgan fingerprint density at radius 1 is 1.16 bits per heavy atom. The summed E-state index contributed by atoms with van der Waals surface area (Å²) in [5.74, 6) is 0. The molecule has 0 radical (unpaired) electrons. The molecule has 1 N–H and O–H groups in total. The van der Waals surface area contributed by atoms with Crippen LogP contribution in [0.25, 0.3) is 0 Å². The molecule has 0 amide bonds. The number of halogens is 1. The average Bonchev–Trinajstić information content (AvgIpc) is 2.45. The highest BCUT2D eigenvalue weighted by molar-refractivity contribution is 9.10. The van der Waals surface area contributed by atoms with Gasteiger partial charge < -0.3 is 5.32 Å². The highest BCUT2D eigenvalue weighted by Crippen LogP contribution is 2.28. The zero-order valence-corrected chi connectivity index (χ0v) is 13.6. The quantitative estimate of drug-likeness (QED) is 0.796. The summed E-state index contributed by atoms with van der Waals surface area (Å²) in [6.45, 7) is 0. The summed E-state index contributed by atoms with van der Waals surface area (Å²) < 4.78 is 1.14. The molecule has 0 heterocycles. The van der Waals surface area contributed by atoms with Gasteiger partial charge in [0.1, 0.15) is 0 Å². The molecule has 3 heteroatoms. The number of likely N-dealkylation sites (N-methyl/N-ethyl adjacent to an activating group) is 1. The Morgan fingerprint density at radius 3 is 2.63 bits per heavy atom. The number of benzene rings is 2. The Balaban J connectivity index is 2.25. The van der Waals surface area contributed by atoms with E-state index in [0.717, 1.165) is 10.9 Å². The number of hydrogen-bond donors (Lipinski definition) is 1. The molecule has 1 nitrogen and oxygen atoms in total. The lowest BCUT2D eigenvalue weighted by Gasteiger charge is -2.19. The van der Waals surface area contributed by atoms with Crippen molar-refractivity contribution in [1.29, 1.82) is 0 Å². The second-order valence-electron chi connectivity index (χ2n) is 4.42. The predicted octanol–water partition coefficient (Wildman–Crippen LogP) is 4.67. The van der Waals surface area contributed by atoms with Crippen LogP contribution in [0, 0.1) is 0 Å². The van der Waals surface area contributed by atoms with Crippen LogP contribution in [0.5, 0.6) is 0 Å². The molecule has 2 aromatic carbocycles. The van der Waals surface area contributed by atoms with Crippen molar-refractivity contribution >= 4 is 27.7 Å². The third kappa shape index (κ3) is 3.85. The van der Waals surface area contributed by atoms with Crippen LogP contribution >= 0.6 is 27.7 Å². The maximum atomic E-state index is 3.53. The van der Waals surface area contributed by atoms with Crippen molar-refractivity contribution in [2.24, 2.45) is 0 Å². The molecule has 0 aliphatic carbocycles. The largest absolute Gasteiger partial charge is 0.313 e. The molecule has 0 spiro atoms. The number of hydrogen-bond acceptors (Lipinski definition) is 2. The second-order valence-corrected chi connectivity index (χ2v) is 6.18. The molecule has 0 saturated heterocycles. The second kappa shape index (κ2) is 7.13. The zero-order chi connectivity index (χ0) is 13.7. The number of thioether (sulfide) groups is 1. The lowest BCUT2D eigenvalue weighted by Crippen LogP contribution is -2.19. The van der Waals surface area contributed by atoms with Crippen LogP contribution in [0.2, 0.25) is 0 Å². The first-order chi connectivity index (χ1) is 9.24. The van der Waals surface area contributed by atoms with Gasteiger partial charge >= 0.3 is 0 Å². The molecule has 100 valence electrons.